The van der Waals surface area contributed by atoms with Gasteiger partial charge >= 0.3 is 0 Å². The first kappa shape index (κ1) is 24.3. The van der Waals surface area contributed by atoms with Gasteiger partial charge in [0.15, 0.2) is 5.44 Å². The van der Waals surface area contributed by atoms with Crippen molar-refractivity contribution in [3.05, 3.63) is 60.2 Å². The number of ether oxygens (including phenoxy) is 1. The second kappa shape index (κ2) is 10.1. The standard InChI is InChI=1S/C22H25FN4O3S.ClH/c1-15-26-22-19(3-2-4-20(22)27(15)14-17(23)9-10-24)16-5-7-18(8-6-16)31(28,29)21-13-25-11-12-30-21;/h2-9,21,25H,10-14,24H2,1H3;1H/b17-9-;. The Morgan fingerprint density at radius 3 is 2.72 bits per heavy atom. The summed E-state index contributed by atoms with van der Waals surface area (Å²) in [7, 11) is -3.59. The lowest BCUT2D eigenvalue weighted by atomic mass is 10.0. The molecule has 4 rings (SSSR count). The molecule has 3 aromatic rings. The lowest BCUT2D eigenvalue weighted by molar-refractivity contribution is 0.0785. The maximum atomic E-state index is 14.1. The van der Waals surface area contributed by atoms with Gasteiger partial charge in [0.2, 0.25) is 9.84 Å². The zero-order valence-electron chi connectivity index (χ0n) is 17.6. The highest BCUT2D eigenvalue weighted by atomic mass is 35.5. The normalized spacial score (nSPS) is 17.3. The molecular formula is C22H26ClFN4O3S. The highest BCUT2D eigenvalue weighted by Gasteiger charge is 2.30. The number of aromatic nitrogens is 2. The van der Waals surface area contributed by atoms with E-state index in [0.29, 0.717) is 19.0 Å². The Morgan fingerprint density at radius 1 is 1.31 bits per heavy atom. The molecule has 172 valence electrons. The maximum Gasteiger partial charge on any atom is 0.206 e. The van der Waals surface area contributed by atoms with E-state index < -0.39 is 15.3 Å². The number of nitrogens with zero attached hydrogens (tertiary/aromatic N) is 2. The number of nitrogens with two attached hydrogens (primary N) is 1. The molecule has 1 aliphatic rings. The Balaban J connectivity index is 0.00000289. The van der Waals surface area contributed by atoms with Crippen LogP contribution in [0.4, 0.5) is 4.39 Å². The van der Waals surface area contributed by atoms with E-state index in [1.807, 2.05) is 25.1 Å². The molecule has 0 bridgehead atoms. The monoisotopic (exact) mass is 480 g/mol. The summed E-state index contributed by atoms with van der Waals surface area (Å²) in [5.74, 6) is 0.369. The van der Waals surface area contributed by atoms with Crippen molar-refractivity contribution in [2.24, 2.45) is 5.73 Å². The highest BCUT2D eigenvalue weighted by Crippen LogP contribution is 2.30. The van der Waals surface area contributed by atoms with Crippen LogP contribution in [0.5, 0.6) is 0 Å². The van der Waals surface area contributed by atoms with Gasteiger partial charge in [0.25, 0.3) is 0 Å². The fraction of sp³-hybridized carbons (Fsp3) is 0.318. The number of nitrogens with one attached hydrogen (secondary N) is 1. The molecule has 0 radical (unpaired) electrons. The van der Waals surface area contributed by atoms with Crippen LogP contribution in [0.3, 0.4) is 0 Å². The Bertz CT molecular complexity index is 1220. The van der Waals surface area contributed by atoms with Crippen molar-refractivity contribution >= 4 is 33.3 Å². The van der Waals surface area contributed by atoms with Gasteiger partial charge in [-0.15, -0.1) is 12.4 Å². The van der Waals surface area contributed by atoms with Crippen LogP contribution in [-0.2, 0) is 21.1 Å². The number of rotatable bonds is 6. The molecule has 3 N–H and O–H groups in total. The van der Waals surface area contributed by atoms with Gasteiger partial charge < -0.3 is 20.4 Å². The Hall–Kier alpha value is -2.30. The van der Waals surface area contributed by atoms with Crippen molar-refractivity contribution < 1.29 is 17.5 Å². The van der Waals surface area contributed by atoms with E-state index in [9.17, 15) is 12.8 Å². The molecule has 1 atom stereocenters. The summed E-state index contributed by atoms with van der Waals surface area (Å²) in [6.07, 6.45) is 1.35. The molecule has 2 heterocycles. The third-order valence-corrected chi connectivity index (χ3v) is 7.28. The molecule has 1 aliphatic heterocycles. The van der Waals surface area contributed by atoms with Gasteiger partial charge in [0, 0.05) is 25.2 Å². The fourth-order valence-electron chi connectivity index (χ4n) is 3.76. The van der Waals surface area contributed by atoms with Gasteiger partial charge in [0.1, 0.15) is 11.7 Å². The first-order chi connectivity index (χ1) is 14.9. The molecule has 1 saturated heterocycles. The molecule has 10 heteroatoms. The number of allylic oxidation sites excluding steroid dienone is 1. The number of morpholine rings is 1. The number of sulfone groups is 1. The smallest absolute Gasteiger partial charge is 0.206 e. The van der Waals surface area contributed by atoms with Gasteiger partial charge in [-0.05, 0) is 36.8 Å². The summed E-state index contributed by atoms with van der Waals surface area (Å²) in [5, 5.41) is 3.04. The van der Waals surface area contributed by atoms with Crippen LogP contribution in [0.1, 0.15) is 5.82 Å². The van der Waals surface area contributed by atoms with Gasteiger partial charge in [-0.25, -0.2) is 17.8 Å². The Kier molecular flexibility index (Phi) is 7.68. The molecule has 7 nitrogen and oxygen atoms in total. The van der Waals surface area contributed by atoms with Gasteiger partial charge in [-0.2, -0.15) is 0 Å². The van der Waals surface area contributed by atoms with E-state index in [4.69, 9.17) is 10.5 Å². The predicted octanol–water partition coefficient (Wildman–Crippen LogP) is 2.97. The minimum atomic E-state index is -3.59. The number of hydrogen-bond donors (Lipinski definition) is 2. The number of hydrogen-bond acceptors (Lipinski definition) is 6. The predicted molar refractivity (Wildman–Crippen MR) is 125 cm³/mol. The number of halogens is 2. The molecule has 2 aromatic carbocycles. The van der Waals surface area contributed by atoms with Crippen molar-refractivity contribution in [2.75, 3.05) is 26.2 Å². The lowest BCUT2D eigenvalue weighted by Gasteiger charge is -2.23. The number of imidazole rings is 1. The lowest BCUT2D eigenvalue weighted by Crippen LogP contribution is -2.42. The van der Waals surface area contributed by atoms with Gasteiger partial charge in [-0.1, -0.05) is 24.3 Å². The zero-order valence-corrected chi connectivity index (χ0v) is 19.3. The van der Waals surface area contributed by atoms with E-state index >= 15 is 0 Å². The third kappa shape index (κ3) is 4.72. The van der Waals surface area contributed by atoms with Crippen LogP contribution in [0, 0.1) is 6.92 Å². The topological polar surface area (TPSA) is 99.2 Å². The minimum absolute atomic E-state index is 0. The molecule has 1 aromatic heterocycles. The second-order valence-corrected chi connectivity index (χ2v) is 9.47. The van der Waals surface area contributed by atoms with Crippen LogP contribution in [0.2, 0.25) is 0 Å². The van der Waals surface area contributed by atoms with Crippen LogP contribution in [0.25, 0.3) is 22.2 Å². The fourth-order valence-corrected chi connectivity index (χ4v) is 5.19. The van der Waals surface area contributed by atoms with Crippen molar-refractivity contribution in [1.82, 2.24) is 14.9 Å². The van der Waals surface area contributed by atoms with Crippen LogP contribution in [-0.4, -0.2) is 49.6 Å². The van der Waals surface area contributed by atoms with E-state index in [1.165, 1.54) is 6.08 Å². The summed E-state index contributed by atoms with van der Waals surface area (Å²) in [6.45, 7) is 3.32. The molecular weight excluding hydrogens is 455 g/mol. The first-order valence-corrected chi connectivity index (χ1v) is 11.6. The van der Waals surface area contributed by atoms with E-state index in [-0.39, 0.29) is 42.8 Å². The maximum absolute atomic E-state index is 14.1. The summed E-state index contributed by atoms with van der Waals surface area (Å²) < 4.78 is 46.9. The largest absolute Gasteiger partial charge is 0.359 e. The molecule has 1 fully saturated rings. The van der Waals surface area contributed by atoms with E-state index in [1.54, 1.807) is 28.8 Å². The van der Waals surface area contributed by atoms with Crippen molar-refractivity contribution in [1.29, 1.82) is 0 Å². The summed E-state index contributed by atoms with van der Waals surface area (Å²) >= 11 is 0. The quantitative estimate of drug-likeness (QED) is 0.562. The average molecular weight is 481 g/mol. The summed E-state index contributed by atoms with van der Waals surface area (Å²) in [4.78, 5) is 4.85. The second-order valence-electron chi connectivity index (χ2n) is 7.38. The molecule has 0 aliphatic carbocycles. The molecule has 0 saturated carbocycles. The average Bonchev–Trinajstić information content (AvgIpc) is 3.10. The number of fused-ring (bicyclic) bond motifs is 1. The van der Waals surface area contributed by atoms with E-state index in [0.717, 1.165) is 22.2 Å². The van der Waals surface area contributed by atoms with Crippen molar-refractivity contribution in [3.8, 4) is 11.1 Å². The van der Waals surface area contributed by atoms with Crippen molar-refractivity contribution in [3.63, 3.8) is 0 Å². The highest BCUT2D eigenvalue weighted by molar-refractivity contribution is 7.92. The van der Waals surface area contributed by atoms with Crippen molar-refractivity contribution in [2.45, 2.75) is 23.8 Å². The van der Waals surface area contributed by atoms with Gasteiger partial charge in [-0.3, -0.25) is 0 Å². The molecule has 0 amide bonds. The SMILES string of the molecule is Cc1nc2c(-c3ccc(S(=O)(=O)C4CNCCO4)cc3)cccc2n1C/C(F)=C/CN.Cl. The molecule has 1 unspecified atom stereocenters. The number of aryl methyl sites for hydroxylation is 1. The van der Waals surface area contributed by atoms with Crippen LogP contribution >= 0.6 is 12.4 Å². The van der Waals surface area contributed by atoms with Gasteiger partial charge in [0.05, 0.1) is 29.1 Å². The number of benzene rings is 2. The molecule has 32 heavy (non-hydrogen) atoms. The first-order valence-electron chi connectivity index (χ1n) is 10.1. The minimum Gasteiger partial charge on any atom is -0.359 e. The van der Waals surface area contributed by atoms with Crippen LogP contribution < -0.4 is 11.1 Å². The van der Waals surface area contributed by atoms with Crippen LogP contribution in [0.15, 0.2) is 59.3 Å². The summed E-state index contributed by atoms with van der Waals surface area (Å²) in [5.41, 5.74) is 7.73. The Labute approximate surface area is 192 Å². The summed E-state index contributed by atoms with van der Waals surface area (Å²) in [6, 6.07) is 12.4. The molecule has 0 spiro atoms. The third-order valence-electron chi connectivity index (χ3n) is 5.35. The van der Waals surface area contributed by atoms with E-state index in [2.05, 4.69) is 10.3 Å². The Morgan fingerprint density at radius 2 is 2.06 bits per heavy atom. The number of para-hydroxylation sites is 1. The zero-order chi connectivity index (χ0) is 22.0.